The minimum atomic E-state index is -1.07. The topological polar surface area (TPSA) is 70.6 Å². The summed E-state index contributed by atoms with van der Waals surface area (Å²) in [5, 5.41) is 19.7. The third-order valence-corrected chi connectivity index (χ3v) is 4.54. The third kappa shape index (κ3) is 4.97. The Hall–Kier alpha value is -2.05. The number of hydrogen-bond acceptors (Lipinski definition) is 4. The lowest BCUT2D eigenvalue weighted by atomic mass is 9.99. The summed E-state index contributed by atoms with van der Waals surface area (Å²) in [5.74, 6) is 0.822. The summed E-state index contributed by atoms with van der Waals surface area (Å²) in [4.78, 5) is 11.9. The highest BCUT2D eigenvalue weighted by atomic mass is 32.1. The van der Waals surface area contributed by atoms with E-state index in [0.29, 0.717) is 13.0 Å². The average molecular weight is 348 g/mol. The Balaban J connectivity index is 1.79. The minimum Gasteiger partial charge on any atom is -0.496 e. The van der Waals surface area contributed by atoms with E-state index >= 15 is 0 Å². The first-order valence-corrected chi connectivity index (χ1v) is 8.77. The van der Waals surface area contributed by atoms with Gasteiger partial charge >= 0.3 is 6.03 Å². The molecule has 2 aromatic rings. The van der Waals surface area contributed by atoms with Gasteiger partial charge in [0.15, 0.2) is 0 Å². The number of amides is 2. The summed E-state index contributed by atoms with van der Waals surface area (Å²) in [7, 11) is 1.64. The molecular weight excluding hydrogens is 324 g/mol. The van der Waals surface area contributed by atoms with Gasteiger partial charge in [0.05, 0.1) is 13.7 Å². The number of thiophene rings is 1. The second-order valence-corrected chi connectivity index (χ2v) is 6.74. The van der Waals surface area contributed by atoms with Gasteiger partial charge in [-0.05, 0) is 54.3 Å². The largest absolute Gasteiger partial charge is 0.496 e. The summed E-state index contributed by atoms with van der Waals surface area (Å²) in [6.45, 7) is 4.36. The number of benzene rings is 1. The molecule has 0 bridgehead atoms. The van der Waals surface area contributed by atoms with Gasteiger partial charge in [0, 0.05) is 6.54 Å². The Labute approximate surface area is 146 Å². The maximum Gasteiger partial charge on any atom is 0.314 e. The molecule has 3 N–H and O–H groups in total. The van der Waals surface area contributed by atoms with E-state index in [1.807, 2.05) is 35.9 Å². The van der Waals surface area contributed by atoms with E-state index in [0.717, 1.165) is 22.4 Å². The summed E-state index contributed by atoms with van der Waals surface area (Å²) in [6.07, 6.45) is 0.680. The number of methoxy groups -OCH3 is 1. The fourth-order valence-corrected chi connectivity index (χ4v) is 3.18. The highest BCUT2D eigenvalue weighted by molar-refractivity contribution is 7.08. The summed E-state index contributed by atoms with van der Waals surface area (Å²) in [5.41, 5.74) is 1.94. The summed E-state index contributed by atoms with van der Waals surface area (Å²) >= 11 is 1.52. The number of hydrogen-bond donors (Lipinski definition) is 3. The Kier molecular flexibility index (Phi) is 6.23. The van der Waals surface area contributed by atoms with Crippen molar-refractivity contribution in [2.45, 2.75) is 25.9 Å². The zero-order chi connectivity index (χ0) is 17.6. The minimum absolute atomic E-state index is 0.156. The number of aliphatic hydroxyl groups is 1. The van der Waals surface area contributed by atoms with Crippen LogP contribution in [0.25, 0.3) is 0 Å². The summed E-state index contributed by atoms with van der Waals surface area (Å²) in [6, 6.07) is 7.54. The standard InChI is InChI=1S/C18H24N2O3S/c1-13-4-5-16(23-3)14(10-13)6-8-19-17(21)20-12-18(2,22)15-7-9-24-11-15/h4-5,7,9-11,22H,6,8,12H2,1-3H3,(H2,19,20,21). The van der Waals surface area contributed by atoms with Crippen molar-refractivity contribution in [3.8, 4) is 5.75 Å². The predicted molar refractivity (Wildman–Crippen MR) is 96.7 cm³/mol. The van der Waals surface area contributed by atoms with Gasteiger partial charge < -0.3 is 20.5 Å². The maximum absolute atomic E-state index is 11.9. The highest BCUT2D eigenvalue weighted by Crippen LogP contribution is 2.22. The number of ether oxygens (including phenoxy) is 1. The van der Waals surface area contributed by atoms with Crippen molar-refractivity contribution in [2.75, 3.05) is 20.2 Å². The molecule has 2 rings (SSSR count). The average Bonchev–Trinajstić information content (AvgIpc) is 3.09. The van der Waals surface area contributed by atoms with E-state index in [1.165, 1.54) is 11.3 Å². The fourth-order valence-electron chi connectivity index (χ4n) is 2.40. The lowest BCUT2D eigenvalue weighted by Crippen LogP contribution is -2.43. The molecule has 5 nitrogen and oxygen atoms in total. The monoisotopic (exact) mass is 348 g/mol. The van der Waals surface area contributed by atoms with Crippen molar-refractivity contribution in [1.29, 1.82) is 0 Å². The first-order valence-electron chi connectivity index (χ1n) is 7.82. The van der Waals surface area contributed by atoms with E-state index in [4.69, 9.17) is 4.74 Å². The first kappa shape index (κ1) is 18.3. The van der Waals surface area contributed by atoms with Gasteiger partial charge in [-0.15, -0.1) is 0 Å². The SMILES string of the molecule is COc1ccc(C)cc1CCNC(=O)NCC(C)(O)c1ccsc1. The molecule has 6 heteroatoms. The third-order valence-electron chi connectivity index (χ3n) is 3.85. The molecule has 1 aromatic carbocycles. The number of carbonyl (C=O) groups is 1. The van der Waals surface area contributed by atoms with Gasteiger partial charge in [-0.25, -0.2) is 4.79 Å². The van der Waals surface area contributed by atoms with Crippen LogP contribution in [0.1, 0.15) is 23.6 Å². The van der Waals surface area contributed by atoms with E-state index in [-0.39, 0.29) is 12.6 Å². The Morgan fingerprint density at radius 2 is 2.12 bits per heavy atom. The number of rotatable bonds is 7. The molecule has 0 saturated carbocycles. The molecule has 1 atom stereocenters. The Morgan fingerprint density at radius 3 is 2.79 bits per heavy atom. The van der Waals surface area contributed by atoms with Gasteiger partial charge in [-0.2, -0.15) is 11.3 Å². The fraction of sp³-hybridized carbons (Fsp3) is 0.389. The smallest absolute Gasteiger partial charge is 0.314 e. The normalized spacial score (nSPS) is 13.2. The van der Waals surface area contributed by atoms with Crippen LogP contribution in [0, 0.1) is 6.92 Å². The van der Waals surface area contributed by atoms with Crippen LogP contribution in [-0.2, 0) is 12.0 Å². The van der Waals surface area contributed by atoms with Crippen LogP contribution in [-0.4, -0.2) is 31.3 Å². The van der Waals surface area contributed by atoms with Crippen molar-refractivity contribution < 1.29 is 14.6 Å². The number of carbonyl (C=O) groups excluding carboxylic acids is 1. The number of aryl methyl sites for hydroxylation is 1. The number of urea groups is 1. The van der Waals surface area contributed by atoms with Crippen LogP contribution in [0.3, 0.4) is 0 Å². The van der Waals surface area contributed by atoms with Gasteiger partial charge in [0.2, 0.25) is 0 Å². The lowest BCUT2D eigenvalue weighted by molar-refractivity contribution is 0.0598. The summed E-state index contributed by atoms with van der Waals surface area (Å²) < 4.78 is 5.33. The van der Waals surface area contributed by atoms with Gasteiger partial charge in [-0.3, -0.25) is 0 Å². The van der Waals surface area contributed by atoms with Crippen LogP contribution in [0.15, 0.2) is 35.0 Å². The van der Waals surface area contributed by atoms with Crippen molar-refractivity contribution in [2.24, 2.45) is 0 Å². The van der Waals surface area contributed by atoms with Crippen LogP contribution in [0.4, 0.5) is 4.79 Å². The molecule has 0 aliphatic rings. The highest BCUT2D eigenvalue weighted by Gasteiger charge is 2.24. The molecular formula is C18H24N2O3S. The molecule has 1 unspecified atom stereocenters. The van der Waals surface area contributed by atoms with Gasteiger partial charge in [0.25, 0.3) is 0 Å². The Bertz CT molecular complexity index is 669. The van der Waals surface area contributed by atoms with Gasteiger partial charge in [0.1, 0.15) is 11.4 Å². The Morgan fingerprint density at radius 1 is 1.33 bits per heavy atom. The van der Waals surface area contributed by atoms with Crippen LogP contribution < -0.4 is 15.4 Å². The van der Waals surface area contributed by atoms with Crippen molar-refractivity contribution in [1.82, 2.24) is 10.6 Å². The lowest BCUT2D eigenvalue weighted by Gasteiger charge is -2.22. The van der Waals surface area contributed by atoms with E-state index in [2.05, 4.69) is 16.7 Å². The molecule has 0 radical (unpaired) electrons. The molecule has 1 aromatic heterocycles. The van der Waals surface area contributed by atoms with Crippen molar-refractivity contribution >= 4 is 17.4 Å². The van der Waals surface area contributed by atoms with Gasteiger partial charge in [-0.1, -0.05) is 17.7 Å². The first-order chi connectivity index (χ1) is 11.4. The van der Waals surface area contributed by atoms with Crippen LogP contribution >= 0.6 is 11.3 Å². The zero-order valence-electron chi connectivity index (χ0n) is 14.3. The van der Waals surface area contributed by atoms with E-state index in [9.17, 15) is 9.90 Å². The molecule has 0 aliphatic carbocycles. The molecule has 24 heavy (non-hydrogen) atoms. The molecule has 0 spiro atoms. The van der Waals surface area contributed by atoms with Crippen LogP contribution in [0.2, 0.25) is 0 Å². The van der Waals surface area contributed by atoms with Crippen LogP contribution in [0.5, 0.6) is 5.75 Å². The number of nitrogens with one attached hydrogen (secondary N) is 2. The molecule has 1 heterocycles. The molecule has 0 fully saturated rings. The molecule has 130 valence electrons. The maximum atomic E-state index is 11.9. The van der Waals surface area contributed by atoms with Crippen molar-refractivity contribution in [3.63, 3.8) is 0 Å². The predicted octanol–water partition coefficient (Wildman–Crippen LogP) is 2.81. The zero-order valence-corrected chi connectivity index (χ0v) is 15.1. The molecule has 0 aliphatic heterocycles. The second kappa shape index (κ2) is 8.17. The molecule has 0 saturated heterocycles. The molecule has 2 amide bonds. The second-order valence-electron chi connectivity index (χ2n) is 5.96. The van der Waals surface area contributed by atoms with E-state index < -0.39 is 5.60 Å². The van der Waals surface area contributed by atoms with Crippen molar-refractivity contribution in [3.05, 3.63) is 51.7 Å². The van der Waals surface area contributed by atoms with E-state index in [1.54, 1.807) is 14.0 Å². The quantitative estimate of drug-likeness (QED) is 0.720.